The van der Waals surface area contributed by atoms with Gasteiger partial charge in [0.25, 0.3) is 0 Å². The van der Waals surface area contributed by atoms with Crippen LogP contribution in [-0.2, 0) is 0 Å². The molecule has 1 heterocycles. The minimum atomic E-state index is 0.0970. The number of phenolic OH excluding ortho intramolecular Hbond substituents is 1. The average Bonchev–Trinajstić information content (AvgIpc) is 2.84. The monoisotopic (exact) mass is 241 g/mol. The third kappa shape index (κ3) is 1.68. The summed E-state index contributed by atoms with van der Waals surface area (Å²) in [7, 11) is 1.62. The second-order valence-electron chi connectivity index (χ2n) is 3.87. The van der Waals surface area contributed by atoms with E-state index < -0.39 is 0 Å². The van der Waals surface area contributed by atoms with Gasteiger partial charge in [0, 0.05) is 5.56 Å². The third-order valence-electron chi connectivity index (χ3n) is 2.73. The Kier molecular flexibility index (Phi) is 2.41. The van der Waals surface area contributed by atoms with Crippen LogP contribution in [0.25, 0.3) is 22.6 Å². The van der Waals surface area contributed by atoms with Gasteiger partial charge in [0.1, 0.15) is 11.3 Å². The Morgan fingerprint density at radius 3 is 2.56 bits per heavy atom. The number of ether oxygens (including phenoxy) is 1. The van der Waals surface area contributed by atoms with Crippen molar-refractivity contribution in [1.29, 1.82) is 0 Å². The fraction of sp³-hybridized carbons (Fsp3) is 0.0714. The molecule has 90 valence electrons. The van der Waals surface area contributed by atoms with E-state index in [-0.39, 0.29) is 5.75 Å². The van der Waals surface area contributed by atoms with Crippen molar-refractivity contribution >= 4 is 11.1 Å². The van der Waals surface area contributed by atoms with Gasteiger partial charge in [0.05, 0.1) is 7.11 Å². The van der Waals surface area contributed by atoms with Crippen LogP contribution < -0.4 is 4.74 Å². The van der Waals surface area contributed by atoms with E-state index in [2.05, 4.69) is 4.98 Å². The molecule has 1 aromatic heterocycles. The van der Waals surface area contributed by atoms with E-state index in [0.29, 0.717) is 17.0 Å². The highest BCUT2D eigenvalue weighted by Crippen LogP contribution is 2.30. The van der Waals surface area contributed by atoms with Gasteiger partial charge in [-0.2, -0.15) is 0 Å². The Bertz CT molecular complexity index is 686. The van der Waals surface area contributed by atoms with Crippen LogP contribution in [0.4, 0.5) is 0 Å². The molecule has 0 atom stereocenters. The molecule has 3 aromatic rings. The molecule has 1 N–H and O–H groups in total. The fourth-order valence-corrected chi connectivity index (χ4v) is 1.79. The maximum absolute atomic E-state index is 9.66. The van der Waals surface area contributed by atoms with Crippen LogP contribution in [0, 0.1) is 0 Å². The van der Waals surface area contributed by atoms with E-state index in [1.807, 2.05) is 24.3 Å². The molecule has 0 fully saturated rings. The zero-order valence-corrected chi connectivity index (χ0v) is 9.75. The van der Waals surface area contributed by atoms with E-state index in [4.69, 9.17) is 9.15 Å². The number of oxazole rings is 1. The topological polar surface area (TPSA) is 55.5 Å². The van der Waals surface area contributed by atoms with Crippen LogP contribution in [-0.4, -0.2) is 17.2 Å². The highest BCUT2D eigenvalue weighted by atomic mass is 16.5. The van der Waals surface area contributed by atoms with Gasteiger partial charge in [0.2, 0.25) is 5.89 Å². The number of aromatic hydroxyl groups is 1. The molecule has 0 aliphatic rings. The number of nitrogens with zero attached hydrogens (tertiary/aromatic N) is 1. The lowest BCUT2D eigenvalue weighted by Crippen LogP contribution is -1.82. The van der Waals surface area contributed by atoms with Crippen LogP contribution >= 0.6 is 0 Å². The van der Waals surface area contributed by atoms with Crippen LogP contribution in [0.15, 0.2) is 46.9 Å². The number of hydrogen-bond acceptors (Lipinski definition) is 4. The summed E-state index contributed by atoms with van der Waals surface area (Å²) in [6.45, 7) is 0. The molecular weight excluding hydrogens is 230 g/mol. The number of aromatic nitrogens is 1. The predicted molar refractivity (Wildman–Crippen MR) is 67.7 cm³/mol. The molecule has 0 spiro atoms. The van der Waals surface area contributed by atoms with Crippen LogP contribution in [0.3, 0.4) is 0 Å². The van der Waals surface area contributed by atoms with Crippen molar-refractivity contribution in [2.45, 2.75) is 0 Å². The Balaban J connectivity index is 2.10. The van der Waals surface area contributed by atoms with Gasteiger partial charge in [-0.3, -0.25) is 0 Å². The Morgan fingerprint density at radius 2 is 1.89 bits per heavy atom. The molecule has 0 saturated heterocycles. The summed E-state index contributed by atoms with van der Waals surface area (Å²) in [5, 5.41) is 9.66. The van der Waals surface area contributed by atoms with Crippen molar-refractivity contribution in [3.8, 4) is 23.0 Å². The van der Waals surface area contributed by atoms with E-state index >= 15 is 0 Å². The summed E-state index contributed by atoms with van der Waals surface area (Å²) in [4.78, 5) is 4.33. The van der Waals surface area contributed by atoms with Crippen LogP contribution in [0.2, 0.25) is 0 Å². The second kappa shape index (κ2) is 4.07. The second-order valence-corrected chi connectivity index (χ2v) is 3.87. The van der Waals surface area contributed by atoms with Gasteiger partial charge in [0.15, 0.2) is 11.3 Å². The maximum Gasteiger partial charge on any atom is 0.227 e. The first-order valence-electron chi connectivity index (χ1n) is 5.51. The summed E-state index contributed by atoms with van der Waals surface area (Å²) >= 11 is 0. The molecule has 0 aliphatic carbocycles. The third-order valence-corrected chi connectivity index (χ3v) is 2.73. The van der Waals surface area contributed by atoms with Crippen LogP contribution in [0.5, 0.6) is 11.5 Å². The highest BCUT2D eigenvalue weighted by molar-refractivity contribution is 5.81. The van der Waals surface area contributed by atoms with E-state index in [0.717, 1.165) is 11.3 Å². The molecule has 2 aromatic carbocycles. The first kappa shape index (κ1) is 10.7. The van der Waals surface area contributed by atoms with E-state index in [9.17, 15) is 5.11 Å². The fourth-order valence-electron chi connectivity index (χ4n) is 1.79. The Morgan fingerprint density at radius 1 is 1.11 bits per heavy atom. The van der Waals surface area contributed by atoms with Crippen LogP contribution in [0.1, 0.15) is 0 Å². The van der Waals surface area contributed by atoms with Crippen molar-refractivity contribution in [3.05, 3.63) is 42.5 Å². The molecule has 0 amide bonds. The molecule has 0 unspecified atom stereocenters. The lowest BCUT2D eigenvalue weighted by Gasteiger charge is -1.99. The molecule has 3 rings (SSSR count). The first-order valence-corrected chi connectivity index (χ1v) is 5.51. The zero-order valence-electron chi connectivity index (χ0n) is 9.75. The number of para-hydroxylation sites is 1. The smallest absolute Gasteiger partial charge is 0.227 e. The van der Waals surface area contributed by atoms with Gasteiger partial charge >= 0.3 is 0 Å². The molecule has 0 saturated carbocycles. The Labute approximate surface area is 103 Å². The summed E-state index contributed by atoms with van der Waals surface area (Å²) in [6.07, 6.45) is 0. The van der Waals surface area contributed by atoms with Crippen molar-refractivity contribution < 1.29 is 14.3 Å². The number of phenols is 1. The SMILES string of the molecule is COc1ccc(-c2nc3cccc(O)c3o2)cc1. The number of hydrogen-bond donors (Lipinski definition) is 1. The van der Waals surface area contributed by atoms with Crippen molar-refractivity contribution in [1.82, 2.24) is 4.98 Å². The summed E-state index contributed by atoms with van der Waals surface area (Å²) in [5.74, 6) is 1.35. The van der Waals surface area contributed by atoms with Gasteiger partial charge < -0.3 is 14.3 Å². The lowest BCUT2D eigenvalue weighted by atomic mass is 10.2. The van der Waals surface area contributed by atoms with Crippen molar-refractivity contribution in [2.24, 2.45) is 0 Å². The molecule has 4 heteroatoms. The lowest BCUT2D eigenvalue weighted by molar-refractivity contribution is 0.415. The number of rotatable bonds is 2. The van der Waals surface area contributed by atoms with Gasteiger partial charge in [-0.25, -0.2) is 4.98 Å². The normalized spacial score (nSPS) is 10.7. The minimum absolute atomic E-state index is 0.0970. The number of methoxy groups -OCH3 is 1. The van der Waals surface area contributed by atoms with Crippen molar-refractivity contribution in [3.63, 3.8) is 0 Å². The molecule has 0 radical (unpaired) electrons. The number of fused-ring (bicyclic) bond motifs is 1. The van der Waals surface area contributed by atoms with Gasteiger partial charge in [-0.15, -0.1) is 0 Å². The predicted octanol–water partition coefficient (Wildman–Crippen LogP) is 3.21. The van der Waals surface area contributed by atoms with Gasteiger partial charge in [-0.05, 0) is 36.4 Å². The summed E-state index contributed by atoms with van der Waals surface area (Å²) in [5.41, 5.74) is 1.88. The average molecular weight is 241 g/mol. The standard InChI is InChI=1S/C14H11NO3/c1-17-10-7-5-9(6-8-10)14-15-11-3-2-4-12(16)13(11)18-14/h2-8,16H,1H3. The van der Waals surface area contributed by atoms with E-state index in [1.54, 1.807) is 25.3 Å². The Hall–Kier alpha value is -2.49. The molecule has 0 aliphatic heterocycles. The molecular formula is C14H11NO3. The minimum Gasteiger partial charge on any atom is -0.504 e. The summed E-state index contributed by atoms with van der Waals surface area (Å²) in [6, 6.07) is 12.5. The van der Waals surface area contributed by atoms with Gasteiger partial charge in [-0.1, -0.05) is 6.07 Å². The first-order chi connectivity index (χ1) is 8.78. The maximum atomic E-state index is 9.66. The quantitative estimate of drug-likeness (QED) is 0.748. The molecule has 18 heavy (non-hydrogen) atoms. The van der Waals surface area contributed by atoms with Crippen molar-refractivity contribution in [2.75, 3.05) is 7.11 Å². The summed E-state index contributed by atoms with van der Waals surface area (Å²) < 4.78 is 10.6. The largest absolute Gasteiger partial charge is 0.504 e. The highest BCUT2D eigenvalue weighted by Gasteiger charge is 2.10. The number of benzene rings is 2. The van der Waals surface area contributed by atoms with E-state index in [1.165, 1.54) is 0 Å². The zero-order chi connectivity index (χ0) is 12.5. The molecule has 0 bridgehead atoms. The molecule has 4 nitrogen and oxygen atoms in total.